The van der Waals surface area contributed by atoms with Crippen LogP contribution >= 0.6 is 11.8 Å². The molecule has 0 saturated carbocycles. The zero-order valence-electron chi connectivity index (χ0n) is 5.98. The predicted octanol–water partition coefficient (Wildman–Crippen LogP) is 2.95. The highest BCUT2D eigenvalue weighted by Crippen LogP contribution is 2.20. The van der Waals surface area contributed by atoms with Gasteiger partial charge in [-0.3, -0.25) is 0 Å². The van der Waals surface area contributed by atoms with E-state index in [4.69, 9.17) is 0 Å². The fourth-order valence-corrected chi connectivity index (χ4v) is 1.40. The van der Waals surface area contributed by atoms with Crippen molar-refractivity contribution < 1.29 is 0 Å². The molecule has 8 heavy (non-hydrogen) atoms. The smallest absolute Gasteiger partial charge is 0.00677 e. The maximum Gasteiger partial charge on any atom is 0.00677 e. The van der Waals surface area contributed by atoms with E-state index < -0.39 is 0 Å². The lowest BCUT2D eigenvalue weighted by atomic mass is 10.1. The van der Waals surface area contributed by atoms with Gasteiger partial charge in [-0.15, -0.1) is 0 Å². The Morgan fingerprint density at radius 2 is 2.00 bits per heavy atom. The Kier molecular flexibility index (Phi) is 4.44. The van der Waals surface area contributed by atoms with Crippen LogP contribution in [0.5, 0.6) is 0 Å². The summed E-state index contributed by atoms with van der Waals surface area (Å²) in [6, 6.07) is 0. The van der Waals surface area contributed by atoms with E-state index in [-0.39, 0.29) is 0 Å². The molecule has 0 heterocycles. The van der Waals surface area contributed by atoms with Crippen molar-refractivity contribution in [3.63, 3.8) is 0 Å². The summed E-state index contributed by atoms with van der Waals surface area (Å²) in [4.78, 5) is 0. The van der Waals surface area contributed by atoms with Crippen LogP contribution in [0.25, 0.3) is 0 Å². The second-order valence-corrected chi connectivity index (χ2v) is 3.30. The molecule has 0 N–H and O–H groups in total. The van der Waals surface area contributed by atoms with Crippen LogP contribution in [0.4, 0.5) is 0 Å². The van der Waals surface area contributed by atoms with Crippen molar-refractivity contribution in [1.82, 2.24) is 0 Å². The lowest BCUT2D eigenvalue weighted by Gasteiger charge is -2.14. The molecule has 1 unspecified atom stereocenters. The number of hydrogen-bond acceptors (Lipinski definition) is 1. The Morgan fingerprint density at radius 3 is 2.00 bits per heavy atom. The third kappa shape index (κ3) is 2.61. The lowest BCUT2D eigenvalue weighted by Crippen LogP contribution is -2.07. The second-order valence-electron chi connectivity index (χ2n) is 2.36. The van der Waals surface area contributed by atoms with Crippen LogP contribution in [0.1, 0.15) is 27.2 Å². The maximum atomic E-state index is 3.79. The SMILES string of the molecule is [CH2]SC(CC)C(C)C. The highest BCUT2D eigenvalue weighted by atomic mass is 32.2. The molecular formula is C7H15S. The molecule has 0 aromatic rings. The summed E-state index contributed by atoms with van der Waals surface area (Å²) in [5.74, 6) is 0.780. The van der Waals surface area contributed by atoms with Crippen molar-refractivity contribution in [3.8, 4) is 0 Å². The number of rotatable bonds is 3. The molecule has 0 aliphatic carbocycles. The third-order valence-electron chi connectivity index (χ3n) is 1.36. The topological polar surface area (TPSA) is 0 Å². The van der Waals surface area contributed by atoms with E-state index in [1.807, 2.05) is 0 Å². The molecule has 0 rings (SSSR count). The fraction of sp³-hybridized carbons (Fsp3) is 0.857. The van der Waals surface area contributed by atoms with E-state index in [0.29, 0.717) is 0 Å². The highest BCUT2D eigenvalue weighted by Gasteiger charge is 2.07. The molecule has 0 aliphatic rings. The first-order chi connectivity index (χ1) is 3.72. The molecule has 0 aromatic heterocycles. The van der Waals surface area contributed by atoms with Gasteiger partial charge in [-0.05, 0) is 12.3 Å². The van der Waals surface area contributed by atoms with Crippen LogP contribution in [-0.2, 0) is 0 Å². The van der Waals surface area contributed by atoms with E-state index >= 15 is 0 Å². The summed E-state index contributed by atoms with van der Waals surface area (Å²) in [5, 5.41) is 0.759. The van der Waals surface area contributed by atoms with Crippen molar-refractivity contribution in [2.45, 2.75) is 32.4 Å². The summed E-state index contributed by atoms with van der Waals surface area (Å²) < 4.78 is 0. The maximum absolute atomic E-state index is 3.79. The van der Waals surface area contributed by atoms with Gasteiger partial charge in [-0.2, -0.15) is 11.8 Å². The molecule has 0 spiro atoms. The first kappa shape index (κ1) is 8.35. The van der Waals surface area contributed by atoms with Gasteiger partial charge in [0.05, 0.1) is 0 Å². The minimum Gasteiger partial charge on any atom is -0.157 e. The van der Waals surface area contributed by atoms with Gasteiger partial charge >= 0.3 is 0 Å². The van der Waals surface area contributed by atoms with Crippen LogP contribution in [0, 0.1) is 12.2 Å². The van der Waals surface area contributed by atoms with Gasteiger partial charge in [0.2, 0.25) is 0 Å². The normalized spacial score (nSPS) is 14.6. The summed E-state index contributed by atoms with van der Waals surface area (Å²) >= 11 is 1.73. The number of hydrogen-bond donors (Lipinski definition) is 0. The highest BCUT2D eigenvalue weighted by molar-refractivity contribution is 8.01. The first-order valence-corrected chi connectivity index (χ1v) is 4.18. The van der Waals surface area contributed by atoms with Crippen molar-refractivity contribution in [3.05, 3.63) is 6.26 Å². The van der Waals surface area contributed by atoms with Crippen LogP contribution in [-0.4, -0.2) is 5.25 Å². The summed E-state index contributed by atoms with van der Waals surface area (Å²) in [6.07, 6.45) is 5.04. The molecule has 0 nitrogen and oxygen atoms in total. The Labute approximate surface area is 57.1 Å². The minimum absolute atomic E-state index is 0.759. The van der Waals surface area contributed by atoms with Gasteiger partial charge in [-0.1, -0.05) is 20.8 Å². The van der Waals surface area contributed by atoms with Crippen molar-refractivity contribution in [1.29, 1.82) is 0 Å². The molecule has 0 aromatic carbocycles. The molecule has 0 amide bonds. The largest absolute Gasteiger partial charge is 0.157 e. The van der Waals surface area contributed by atoms with E-state index in [0.717, 1.165) is 11.2 Å². The van der Waals surface area contributed by atoms with Gasteiger partial charge in [0.15, 0.2) is 0 Å². The molecule has 49 valence electrons. The van der Waals surface area contributed by atoms with Crippen LogP contribution in [0.2, 0.25) is 0 Å². The first-order valence-electron chi connectivity index (χ1n) is 3.13. The molecule has 0 bridgehead atoms. The van der Waals surface area contributed by atoms with E-state index in [1.54, 1.807) is 11.8 Å². The second kappa shape index (κ2) is 4.25. The summed E-state index contributed by atoms with van der Waals surface area (Å²) in [5.41, 5.74) is 0. The van der Waals surface area contributed by atoms with Crippen LogP contribution in [0.15, 0.2) is 0 Å². The van der Waals surface area contributed by atoms with E-state index in [1.165, 1.54) is 6.42 Å². The quantitative estimate of drug-likeness (QED) is 0.567. The average Bonchev–Trinajstić information content (AvgIpc) is 1.69. The Morgan fingerprint density at radius 1 is 1.50 bits per heavy atom. The molecule has 1 heteroatoms. The predicted molar refractivity (Wildman–Crippen MR) is 41.9 cm³/mol. The summed E-state index contributed by atoms with van der Waals surface area (Å²) in [7, 11) is 0. The third-order valence-corrected chi connectivity index (χ3v) is 2.67. The Hall–Kier alpha value is 0.350. The zero-order valence-corrected chi connectivity index (χ0v) is 6.79. The zero-order chi connectivity index (χ0) is 6.57. The van der Waals surface area contributed by atoms with Crippen LogP contribution in [0.3, 0.4) is 0 Å². The molecular weight excluding hydrogens is 116 g/mol. The monoisotopic (exact) mass is 131 g/mol. The van der Waals surface area contributed by atoms with Crippen molar-refractivity contribution in [2.24, 2.45) is 5.92 Å². The van der Waals surface area contributed by atoms with Gasteiger partial charge in [0, 0.05) is 11.5 Å². The van der Waals surface area contributed by atoms with Gasteiger partial charge in [0.25, 0.3) is 0 Å². The summed E-state index contributed by atoms with van der Waals surface area (Å²) in [6.45, 7) is 6.70. The van der Waals surface area contributed by atoms with Gasteiger partial charge < -0.3 is 0 Å². The van der Waals surface area contributed by atoms with Crippen molar-refractivity contribution in [2.75, 3.05) is 0 Å². The van der Waals surface area contributed by atoms with Crippen LogP contribution < -0.4 is 0 Å². The molecule has 0 fully saturated rings. The Balaban J connectivity index is 3.35. The Bertz CT molecular complexity index is 46.3. The molecule has 1 radical (unpaired) electrons. The molecule has 0 aliphatic heterocycles. The van der Waals surface area contributed by atoms with E-state index in [2.05, 4.69) is 27.0 Å². The fourth-order valence-electron chi connectivity index (χ4n) is 0.782. The van der Waals surface area contributed by atoms with E-state index in [9.17, 15) is 0 Å². The van der Waals surface area contributed by atoms with Gasteiger partial charge in [0.1, 0.15) is 0 Å². The molecule has 1 atom stereocenters. The van der Waals surface area contributed by atoms with Gasteiger partial charge in [-0.25, -0.2) is 0 Å². The standard InChI is InChI=1S/C7H15S/c1-5-7(8-4)6(2)3/h6-7H,4-5H2,1-3H3. The molecule has 0 saturated heterocycles. The van der Waals surface area contributed by atoms with Crippen molar-refractivity contribution >= 4 is 11.8 Å². The minimum atomic E-state index is 0.759. The lowest BCUT2D eigenvalue weighted by molar-refractivity contribution is 0.595. The average molecular weight is 131 g/mol. The number of thioether (sulfide) groups is 1.